The Morgan fingerprint density at radius 1 is 1.58 bits per heavy atom. The first kappa shape index (κ1) is 14.6. The van der Waals surface area contributed by atoms with Crippen molar-refractivity contribution in [3.63, 3.8) is 0 Å². The largest absolute Gasteiger partial charge is 0.348 e. The topological polar surface area (TPSA) is 96.0 Å². The Labute approximate surface area is 111 Å². The van der Waals surface area contributed by atoms with Crippen molar-refractivity contribution >= 4 is 11.6 Å². The Morgan fingerprint density at radius 2 is 2.26 bits per heavy atom. The Kier molecular flexibility index (Phi) is 5.01. The normalized spacial score (nSPS) is 11.4. The Hall–Kier alpha value is -2.42. The summed E-state index contributed by atoms with van der Waals surface area (Å²) in [5.74, 6) is -0.516. The Morgan fingerprint density at radius 3 is 2.79 bits per heavy atom. The minimum absolute atomic E-state index is 0.0291. The molecule has 0 fully saturated rings. The number of benzene rings is 1. The second-order valence-electron chi connectivity index (χ2n) is 4.17. The molecule has 0 saturated carbocycles. The molecule has 0 saturated heterocycles. The van der Waals surface area contributed by atoms with Crippen LogP contribution in [0, 0.1) is 28.4 Å². The quantitative estimate of drug-likeness (QED) is 0.649. The number of nitro groups is 1. The number of rotatable bonds is 5. The van der Waals surface area contributed by atoms with Gasteiger partial charge in [0.1, 0.15) is 5.56 Å². The second-order valence-corrected chi connectivity index (χ2v) is 4.17. The molecule has 0 aliphatic rings. The summed E-state index contributed by atoms with van der Waals surface area (Å²) in [5.41, 5.74) is 0.277. The van der Waals surface area contributed by atoms with Gasteiger partial charge in [-0.2, -0.15) is 5.26 Å². The van der Waals surface area contributed by atoms with Gasteiger partial charge in [0.05, 0.1) is 17.4 Å². The first-order chi connectivity index (χ1) is 9.01. The highest BCUT2D eigenvalue weighted by atomic mass is 16.6. The fourth-order valence-electron chi connectivity index (χ4n) is 1.76. The SMILES string of the molecule is CCC(CC#N)NC(=O)c1cccc(C)c1[N+](=O)[O-]. The van der Waals surface area contributed by atoms with Crippen LogP contribution in [0.3, 0.4) is 0 Å². The fourth-order valence-corrected chi connectivity index (χ4v) is 1.76. The van der Waals surface area contributed by atoms with Crippen molar-refractivity contribution in [2.45, 2.75) is 32.7 Å². The van der Waals surface area contributed by atoms with E-state index >= 15 is 0 Å². The number of para-hydroxylation sites is 1. The second kappa shape index (κ2) is 6.50. The first-order valence-corrected chi connectivity index (χ1v) is 5.93. The molecule has 1 atom stereocenters. The van der Waals surface area contributed by atoms with Gasteiger partial charge in [-0.15, -0.1) is 0 Å². The van der Waals surface area contributed by atoms with Crippen molar-refractivity contribution in [1.29, 1.82) is 5.26 Å². The number of hydrogen-bond acceptors (Lipinski definition) is 4. The van der Waals surface area contributed by atoms with Crippen LogP contribution in [0.1, 0.15) is 35.7 Å². The minimum atomic E-state index is -0.560. The molecule has 1 amide bonds. The summed E-state index contributed by atoms with van der Waals surface area (Å²) in [6.07, 6.45) is 0.779. The first-order valence-electron chi connectivity index (χ1n) is 5.93. The van der Waals surface area contributed by atoms with Crippen LogP contribution in [0.15, 0.2) is 18.2 Å². The van der Waals surface area contributed by atoms with Crippen molar-refractivity contribution in [2.75, 3.05) is 0 Å². The van der Waals surface area contributed by atoms with Crippen molar-refractivity contribution in [3.8, 4) is 6.07 Å². The predicted octanol–water partition coefficient (Wildman–Crippen LogP) is 2.33. The van der Waals surface area contributed by atoms with Crippen LogP contribution in [0.5, 0.6) is 0 Å². The number of carbonyl (C=O) groups is 1. The third kappa shape index (κ3) is 3.52. The van der Waals surface area contributed by atoms with Crippen molar-refractivity contribution in [3.05, 3.63) is 39.4 Å². The maximum Gasteiger partial charge on any atom is 0.285 e. The van der Waals surface area contributed by atoms with Gasteiger partial charge in [0.2, 0.25) is 0 Å². The van der Waals surface area contributed by atoms with E-state index in [4.69, 9.17) is 5.26 Å². The zero-order chi connectivity index (χ0) is 14.4. The van der Waals surface area contributed by atoms with Gasteiger partial charge in [-0.05, 0) is 19.4 Å². The maximum atomic E-state index is 12.0. The molecule has 0 aliphatic heterocycles. The van der Waals surface area contributed by atoms with Gasteiger partial charge in [-0.25, -0.2) is 0 Å². The van der Waals surface area contributed by atoms with E-state index in [0.717, 1.165) is 0 Å². The molecule has 0 radical (unpaired) electrons. The average molecular weight is 261 g/mol. The molecule has 0 spiro atoms. The van der Waals surface area contributed by atoms with Crippen LogP contribution in [0.25, 0.3) is 0 Å². The fraction of sp³-hybridized carbons (Fsp3) is 0.385. The standard InChI is InChI=1S/C13H15N3O3/c1-3-10(7-8-14)15-13(17)11-6-4-5-9(2)12(11)16(18)19/h4-6,10H,3,7H2,1-2H3,(H,15,17). The molecule has 1 unspecified atom stereocenters. The van der Waals surface area contributed by atoms with E-state index in [9.17, 15) is 14.9 Å². The Bertz CT molecular complexity index is 534. The molecule has 0 bridgehead atoms. The summed E-state index contributed by atoms with van der Waals surface area (Å²) in [6.45, 7) is 3.43. The highest BCUT2D eigenvalue weighted by molar-refractivity contribution is 5.98. The van der Waals surface area contributed by atoms with Crippen LogP contribution in [0.4, 0.5) is 5.69 Å². The van der Waals surface area contributed by atoms with Gasteiger partial charge in [-0.1, -0.05) is 19.1 Å². The summed E-state index contributed by atoms with van der Waals surface area (Å²) in [7, 11) is 0. The van der Waals surface area contributed by atoms with E-state index in [2.05, 4.69) is 5.32 Å². The van der Waals surface area contributed by atoms with E-state index in [1.807, 2.05) is 13.0 Å². The zero-order valence-electron chi connectivity index (χ0n) is 10.8. The lowest BCUT2D eigenvalue weighted by atomic mass is 10.1. The molecule has 1 aromatic rings. The van der Waals surface area contributed by atoms with Crippen LogP contribution in [-0.2, 0) is 0 Å². The van der Waals surface area contributed by atoms with Crippen LogP contribution in [0.2, 0.25) is 0 Å². The zero-order valence-corrected chi connectivity index (χ0v) is 10.8. The lowest BCUT2D eigenvalue weighted by Gasteiger charge is -2.13. The summed E-state index contributed by atoms with van der Waals surface area (Å²) >= 11 is 0. The van der Waals surface area contributed by atoms with Crippen molar-refractivity contribution in [1.82, 2.24) is 5.32 Å². The number of hydrogen-bond donors (Lipinski definition) is 1. The third-order valence-electron chi connectivity index (χ3n) is 2.83. The molecule has 0 aromatic heterocycles. The summed E-state index contributed by atoms with van der Waals surface area (Å²) in [4.78, 5) is 22.5. The molecule has 19 heavy (non-hydrogen) atoms. The van der Waals surface area contributed by atoms with Gasteiger partial charge in [0.15, 0.2) is 0 Å². The number of nitro benzene ring substituents is 1. The van der Waals surface area contributed by atoms with E-state index in [1.54, 1.807) is 19.1 Å². The van der Waals surface area contributed by atoms with Crippen LogP contribution >= 0.6 is 0 Å². The van der Waals surface area contributed by atoms with Crippen molar-refractivity contribution < 1.29 is 9.72 Å². The van der Waals surface area contributed by atoms with Gasteiger partial charge in [-0.3, -0.25) is 14.9 Å². The molecule has 6 nitrogen and oxygen atoms in total. The van der Waals surface area contributed by atoms with Gasteiger partial charge in [0.25, 0.3) is 11.6 Å². The molecule has 0 heterocycles. The number of aryl methyl sites for hydroxylation is 1. The molecular formula is C13H15N3O3. The van der Waals surface area contributed by atoms with Gasteiger partial charge < -0.3 is 5.32 Å². The van der Waals surface area contributed by atoms with Crippen LogP contribution in [-0.4, -0.2) is 16.9 Å². The lowest BCUT2D eigenvalue weighted by molar-refractivity contribution is -0.385. The summed E-state index contributed by atoms with van der Waals surface area (Å²) in [6, 6.07) is 6.28. The monoisotopic (exact) mass is 261 g/mol. The smallest absolute Gasteiger partial charge is 0.285 e. The Balaban J connectivity index is 3.04. The van der Waals surface area contributed by atoms with Gasteiger partial charge >= 0.3 is 0 Å². The molecule has 1 N–H and O–H groups in total. The number of amides is 1. The minimum Gasteiger partial charge on any atom is -0.348 e. The third-order valence-corrected chi connectivity index (χ3v) is 2.83. The number of nitrogens with zero attached hydrogens (tertiary/aromatic N) is 2. The average Bonchev–Trinajstić information content (AvgIpc) is 2.37. The highest BCUT2D eigenvalue weighted by Crippen LogP contribution is 2.23. The van der Waals surface area contributed by atoms with Gasteiger partial charge in [0, 0.05) is 11.6 Å². The molecule has 100 valence electrons. The molecule has 1 aromatic carbocycles. The molecule has 6 heteroatoms. The van der Waals surface area contributed by atoms with E-state index in [1.165, 1.54) is 6.07 Å². The van der Waals surface area contributed by atoms with Crippen LogP contribution < -0.4 is 5.32 Å². The molecular weight excluding hydrogens is 246 g/mol. The van der Waals surface area contributed by atoms with E-state index < -0.39 is 10.8 Å². The van der Waals surface area contributed by atoms with Crippen molar-refractivity contribution in [2.24, 2.45) is 0 Å². The van der Waals surface area contributed by atoms with E-state index in [0.29, 0.717) is 12.0 Å². The molecule has 1 rings (SSSR count). The molecule has 0 aliphatic carbocycles. The summed E-state index contributed by atoms with van der Waals surface area (Å²) in [5, 5.41) is 22.3. The number of nitriles is 1. The number of nitrogens with one attached hydrogen (secondary N) is 1. The predicted molar refractivity (Wildman–Crippen MR) is 69.6 cm³/mol. The summed E-state index contributed by atoms with van der Waals surface area (Å²) < 4.78 is 0. The maximum absolute atomic E-state index is 12.0. The highest BCUT2D eigenvalue weighted by Gasteiger charge is 2.23. The van der Waals surface area contributed by atoms with E-state index in [-0.39, 0.29) is 23.7 Å². The number of carbonyl (C=O) groups excluding carboxylic acids is 1. The lowest BCUT2D eigenvalue weighted by Crippen LogP contribution is -2.34.